The number of para-hydroxylation sites is 1. The van der Waals surface area contributed by atoms with Crippen molar-refractivity contribution in [2.75, 3.05) is 10.6 Å². The molecule has 0 radical (unpaired) electrons. The predicted octanol–water partition coefficient (Wildman–Crippen LogP) is 9.39. The van der Waals surface area contributed by atoms with Crippen LogP contribution in [0.2, 0.25) is 0 Å². The molecule has 3 heteroatoms. The predicted molar refractivity (Wildman–Crippen MR) is 173 cm³/mol. The molecule has 1 heterocycles. The highest BCUT2D eigenvalue weighted by Gasteiger charge is 2.30. The topological polar surface area (TPSA) is 46.3 Å². The molecule has 0 saturated heterocycles. The number of benzene rings is 6. The van der Waals surface area contributed by atoms with Gasteiger partial charge in [0.2, 0.25) is 0 Å². The SMILES string of the molecule is C=C.Nc1c(-c2ccccc2)cccc1N1Cc2ccc(-c3ccccc3)c3cc(-c4ccccc4)cc(c23)C1=O. The van der Waals surface area contributed by atoms with Crippen LogP contribution in [0.25, 0.3) is 44.2 Å². The van der Waals surface area contributed by atoms with Crippen LogP contribution < -0.4 is 10.6 Å². The van der Waals surface area contributed by atoms with Crippen molar-refractivity contribution in [1.82, 2.24) is 0 Å². The first-order valence-electron chi connectivity index (χ1n) is 13.7. The number of nitrogen functional groups attached to an aromatic ring is 1. The minimum absolute atomic E-state index is 0.0348. The second-order valence-electron chi connectivity index (χ2n) is 9.95. The van der Waals surface area contributed by atoms with Gasteiger partial charge >= 0.3 is 0 Å². The molecule has 6 aromatic carbocycles. The van der Waals surface area contributed by atoms with E-state index in [4.69, 9.17) is 5.73 Å². The van der Waals surface area contributed by atoms with Gasteiger partial charge in [0.25, 0.3) is 5.91 Å². The molecule has 0 fully saturated rings. The van der Waals surface area contributed by atoms with Gasteiger partial charge in [0.15, 0.2) is 0 Å². The maximum atomic E-state index is 14.3. The number of hydrogen-bond acceptors (Lipinski definition) is 2. The van der Waals surface area contributed by atoms with Gasteiger partial charge < -0.3 is 10.6 Å². The van der Waals surface area contributed by atoms with Gasteiger partial charge in [0.1, 0.15) is 0 Å². The Hall–Kier alpha value is -5.41. The Balaban J connectivity index is 0.00000148. The normalized spacial score (nSPS) is 12.1. The second-order valence-corrected chi connectivity index (χ2v) is 9.95. The Morgan fingerprint density at radius 1 is 0.561 bits per heavy atom. The van der Waals surface area contributed by atoms with Crippen LogP contribution in [-0.2, 0) is 6.54 Å². The van der Waals surface area contributed by atoms with Crippen molar-refractivity contribution >= 4 is 28.1 Å². The average molecular weight is 531 g/mol. The minimum Gasteiger partial charge on any atom is -0.397 e. The van der Waals surface area contributed by atoms with E-state index in [1.807, 2.05) is 83.8 Å². The third-order valence-electron chi connectivity index (χ3n) is 7.66. The fraction of sp³-hybridized carbons (Fsp3) is 0.0263. The molecule has 0 aliphatic carbocycles. The smallest absolute Gasteiger partial charge is 0.259 e. The van der Waals surface area contributed by atoms with Crippen LogP contribution in [0.3, 0.4) is 0 Å². The van der Waals surface area contributed by atoms with Gasteiger partial charge in [0, 0.05) is 16.5 Å². The summed E-state index contributed by atoms with van der Waals surface area (Å²) in [6.07, 6.45) is 0. The van der Waals surface area contributed by atoms with Crippen molar-refractivity contribution in [3.8, 4) is 33.4 Å². The number of rotatable bonds is 4. The lowest BCUT2D eigenvalue weighted by Crippen LogP contribution is -2.34. The van der Waals surface area contributed by atoms with E-state index in [9.17, 15) is 4.79 Å². The van der Waals surface area contributed by atoms with Crippen LogP contribution in [0.15, 0.2) is 147 Å². The molecular weight excluding hydrogens is 500 g/mol. The molecule has 1 aliphatic rings. The first-order valence-corrected chi connectivity index (χ1v) is 13.7. The summed E-state index contributed by atoms with van der Waals surface area (Å²) < 4.78 is 0. The molecule has 3 nitrogen and oxygen atoms in total. The first kappa shape index (κ1) is 25.8. The van der Waals surface area contributed by atoms with Crippen LogP contribution in [0.4, 0.5) is 11.4 Å². The van der Waals surface area contributed by atoms with E-state index < -0.39 is 0 Å². The highest BCUT2D eigenvalue weighted by atomic mass is 16.2. The number of hydrogen-bond donors (Lipinski definition) is 1. The Morgan fingerprint density at radius 3 is 1.78 bits per heavy atom. The van der Waals surface area contributed by atoms with Crippen molar-refractivity contribution in [3.05, 3.63) is 158 Å². The summed E-state index contributed by atoms with van der Waals surface area (Å²) in [6, 6.07) is 45.3. The molecule has 0 spiro atoms. The fourth-order valence-electron chi connectivity index (χ4n) is 5.76. The summed E-state index contributed by atoms with van der Waals surface area (Å²) in [4.78, 5) is 16.1. The van der Waals surface area contributed by atoms with Gasteiger partial charge in [-0.2, -0.15) is 0 Å². The monoisotopic (exact) mass is 530 g/mol. The van der Waals surface area contributed by atoms with Gasteiger partial charge in [0.05, 0.1) is 17.9 Å². The molecule has 1 aliphatic heterocycles. The van der Waals surface area contributed by atoms with E-state index in [1.54, 1.807) is 0 Å². The molecule has 1 amide bonds. The van der Waals surface area contributed by atoms with Crippen LogP contribution in [-0.4, -0.2) is 5.91 Å². The molecule has 2 N–H and O–H groups in total. The summed E-state index contributed by atoms with van der Waals surface area (Å²) in [7, 11) is 0. The van der Waals surface area contributed by atoms with E-state index in [2.05, 4.69) is 67.8 Å². The largest absolute Gasteiger partial charge is 0.397 e. The Labute approximate surface area is 240 Å². The second kappa shape index (κ2) is 11.0. The van der Waals surface area contributed by atoms with Crippen LogP contribution >= 0.6 is 0 Å². The average Bonchev–Trinajstić information content (AvgIpc) is 3.05. The number of carbonyl (C=O) groups excluding carboxylic acids is 1. The maximum absolute atomic E-state index is 14.3. The maximum Gasteiger partial charge on any atom is 0.259 e. The molecule has 6 aromatic rings. The zero-order valence-electron chi connectivity index (χ0n) is 22.8. The third kappa shape index (κ3) is 4.58. The third-order valence-corrected chi connectivity index (χ3v) is 7.66. The summed E-state index contributed by atoms with van der Waals surface area (Å²) in [5, 5.41) is 2.11. The number of nitrogens with two attached hydrogens (primary N) is 1. The molecule has 0 aromatic heterocycles. The Bertz CT molecular complexity index is 1860. The lowest BCUT2D eigenvalue weighted by atomic mass is 9.86. The van der Waals surface area contributed by atoms with E-state index >= 15 is 0 Å². The highest BCUT2D eigenvalue weighted by molar-refractivity contribution is 6.21. The minimum atomic E-state index is -0.0348. The van der Waals surface area contributed by atoms with Gasteiger partial charge in [-0.3, -0.25) is 4.79 Å². The van der Waals surface area contributed by atoms with Gasteiger partial charge in [-0.05, 0) is 57.0 Å². The summed E-state index contributed by atoms with van der Waals surface area (Å²) in [6.45, 7) is 6.46. The molecule has 0 saturated carbocycles. The number of carbonyl (C=O) groups is 1. The zero-order valence-corrected chi connectivity index (χ0v) is 22.8. The molecule has 198 valence electrons. The quantitative estimate of drug-likeness (QED) is 0.182. The van der Waals surface area contributed by atoms with E-state index in [1.165, 1.54) is 0 Å². The molecular formula is C38H30N2O. The van der Waals surface area contributed by atoms with Gasteiger partial charge in [-0.25, -0.2) is 0 Å². The van der Waals surface area contributed by atoms with Crippen molar-refractivity contribution < 1.29 is 4.79 Å². The summed E-state index contributed by atoms with van der Waals surface area (Å²) in [5.74, 6) is -0.0348. The Kier molecular flexibility index (Phi) is 6.93. The lowest BCUT2D eigenvalue weighted by Gasteiger charge is -2.31. The van der Waals surface area contributed by atoms with Gasteiger partial charge in [-0.15, -0.1) is 13.2 Å². The van der Waals surface area contributed by atoms with Crippen molar-refractivity contribution in [3.63, 3.8) is 0 Å². The van der Waals surface area contributed by atoms with Crippen LogP contribution in [0, 0.1) is 0 Å². The fourth-order valence-corrected chi connectivity index (χ4v) is 5.76. The molecule has 0 atom stereocenters. The highest BCUT2D eigenvalue weighted by Crippen LogP contribution is 2.42. The van der Waals surface area contributed by atoms with Crippen molar-refractivity contribution in [2.45, 2.75) is 6.54 Å². The van der Waals surface area contributed by atoms with Crippen LogP contribution in [0.1, 0.15) is 15.9 Å². The van der Waals surface area contributed by atoms with E-state index in [0.717, 1.165) is 55.4 Å². The standard InChI is InChI=1S/C36H26N2O.C2H4/c37-35-30(26-15-8-3-9-16-26)17-10-18-33(35)38-23-27-19-20-29(25-13-6-2-7-14-25)31-21-28(24-11-4-1-5-12-24)22-32(34(27)31)36(38)39;1-2/h1-22H,23,37H2;1-2H2. The van der Waals surface area contributed by atoms with Crippen molar-refractivity contribution in [2.24, 2.45) is 0 Å². The molecule has 41 heavy (non-hydrogen) atoms. The summed E-state index contributed by atoms with van der Waals surface area (Å²) in [5.41, 5.74) is 16.2. The van der Waals surface area contributed by atoms with E-state index in [0.29, 0.717) is 17.8 Å². The number of anilines is 2. The molecule has 7 rings (SSSR count). The van der Waals surface area contributed by atoms with E-state index in [-0.39, 0.29) is 5.91 Å². The Morgan fingerprint density at radius 2 is 1.15 bits per heavy atom. The zero-order chi connectivity index (χ0) is 28.3. The summed E-state index contributed by atoms with van der Waals surface area (Å²) >= 11 is 0. The number of amides is 1. The lowest BCUT2D eigenvalue weighted by molar-refractivity contribution is 0.0984. The van der Waals surface area contributed by atoms with Crippen molar-refractivity contribution in [1.29, 1.82) is 0 Å². The first-order chi connectivity index (χ1) is 20.2. The number of nitrogens with zero attached hydrogens (tertiary/aromatic N) is 1. The molecule has 0 unspecified atom stereocenters. The van der Waals surface area contributed by atoms with Gasteiger partial charge in [-0.1, -0.05) is 115 Å². The van der Waals surface area contributed by atoms with Crippen LogP contribution in [0.5, 0.6) is 0 Å². The molecule has 0 bridgehead atoms.